The summed E-state index contributed by atoms with van der Waals surface area (Å²) in [6.45, 7) is 10.1. The number of allylic oxidation sites excluding steroid dienone is 4. The summed E-state index contributed by atoms with van der Waals surface area (Å²) < 4.78 is 11.5. The molecule has 2 fully saturated rings. The third-order valence-corrected chi connectivity index (χ3v) is 3.72. The lowest BCUT2D eigenvalue weighted by Gasteiger charge is -2.39. The molecule has 0 aromatic heterocycles. The van der Waals surface area contributed by atoms with Crippen molar-refractivity contribution in [2.24, 2.45) is 0 Å². The van der Waals surface area contributed by atoms with Crippen molar-refractivity contribution in [3.05, 3.63) is 23.4 Å². The molecule has 3 heteroatoms. The van der Waals surface area contributed by atoms with Crippen LogP contribution in [-0.2, 0) is 9.47 Å². The molecule has 0 aromatic rings. The molecule has 0 radical (unpaired) electrons. The van der Waals surface area contributed by atoms with E-state index in [4.69, 9.17) is 9.47 Å². The summed E-state index contributed by atoms with van der Waals surface area (Å²) in [6, 6.07) is 0. The van der Waals surface area contributed by atoms with Crippen LogP contribution in [0.4, 0.5) is 0 Å². The number of likely N-dealkylation sites (tertiary alicyclic amines) is 1. The van der Waals surface area contributed by atoms with E-state index in [0.29, 0.717) is 0 Å². The molecule has 0 bridgehead atoms. The highest BCUT2D eigenvalue weighted by Gasteiger charge is 2.39. The van der Waals surface area contributed by atoms with Crippen molar-refractivity contribution in [3.8, 4) is 0 Å². The SMILES string of the molecule is CC/C(=C\C=C(C)C)N1CCC2(CC1)OCCO2. The maximum absolute atomic E-state index is 5.76. The number of hydrogen-bond donors (Lipinski definition) is 0. The second-order valence-electron chi connectivity index (χ2n) is 5.35. The molecule has 1 spiro atoms. The molecule has 0 aliphatic carbocycles. The van der Waals surface area contributed by atoms with Gasteiger partial charge in [0.05, 0.1) is 13.2 Å². The highest BCUT2D eigenvalue weighted by Crippen LogP contribution is 2.32. The van der Waals surface area contributed by atoms with Gasteiger partial charge in [-0.25, -0.2) is 0 Å². The van der Waals surface area contributed by atoms with E-state index in [2.05, 4.69) is 37.8 Å². The van der Waals surface area contributed by atoms with Crippen LogP contribution in [0.15, 0.2) is 23.4 Å². The van der Waals surface area contributed by atoms with Crippen molar-refractivity contribution >= 4 is 0 Å². The summed E-state index contributed by atoms with van der Waals surface area (Å²) >= 11 is 0. The third-order valence-electron chi connectivity index (χ3n) is 3.72. The quantitative estimate of drug-likeness (QED) is 0.719. The minimum Gasteiger partial charge on any atom is -0.374 e. The van der Waals surface area contributed by atoms with Crippen LogP contribution in [0.2, 0.25) is 0 Å². The number of nitrogens with zero attached hydrogens (tertiary/aromatic N) is 1. The van der Waals surface area contributed by atoms with E-state index in [-0.39, 0.29) is 5.79 Å². The number of rotatable bonds is 3. The van der Waals surface area contributed by atoms with Crippen molar-refractivity contribution in [1.29, 1.82) is 0 Å². The lowest BCUT2D eigenvalue weighted by Crippen LogP contribution is -2.44. The molecule has 3 nitrogen and oxygen atoms in total. The molecule has 2 rings (SSSR count). The fourth-order valence-electron chi connectivity index (χ4n) is 2.63. The van der Waals surface area contributed by atoms with Gasteiger partial charge >= 0.3 is 0 Å². The van der Waals surface area contributed by atoms with Gasteiger partial charge in [-0.2, -0.15) is 0 Å². The molecule has 0 aromatic carbocycles. The van der Waals surface area contributed by atoms with E-state index in [9.17, 15) is 0 Å². The first-order valence-corrected chi connectivity index (χ1v) is 7.02. The predicted molar refractivity (Wildman–Crippen MR) is 73.2 cm³/mol. The van der Waals surface area contributed by atoms with Gasteiger partial charge in [0.25, 0.3) is 0 Å². The van der Waals surface area contributed by atoms with Gasteiger partial charge < -0.3 is 14.4 Å². The van der Waals surface area contributed by atoms with E-state index in [1.807, 2.05) is 0 Å². The second-order valence-corrected chi connectivity index (χ2v) is 5.35. The third kappa shape index (κ3) is 3.15. The maximum atomic E-state index is 5.76. The molecule has 18 heavy (non-hydrogen) atoms. The van der Waals surface area contributed by atoms with E-state index in [1.165, 1.54) is 11.3 Å². The van der Waals surface area contributed by atoms with Gasteiger partial charge in [0.2, 0.25) is 0 Å². The second kappa shape index (κ2) is 5.89. The van der Waals surface area contributed by atoms with Crippen LogP contribution in [0.1, 0.15) is 40.0 Å². The van der Waals surface area contributed by atoms with Crippen molar-refractivity contribution in [1.82, 2.24) is 4.90 Å². The zero-order chi connectivity index (χ0) is 13.0. The molecule has 0 saturated carbocycles. The number of piperidine rings is 1. The molecule has 2 aliphatic rings. The summed E-state index contributed by atoms with van der Waals surface area (Å²) in [5.41, 5.74) is 2.76. The van der Waals surface area contributed by atoms with Crippen LogP contribution in [0.5, 0.6) is 0 Å². The topological polar surface area (TPSA) is 21.7 Å². The molecule has 0 atom stereocenters. The summed E-state index contributed by atoms with van der Waals surface area (Å²) in [6.07, 6.45) is 7.51. The lowest BCUT2D eigenvalue weighted by atomic mass is 10.0. The average Bonchev–Trinajstić information content (AvgIpc) is 2.80. The fraction of sp³-hybridized carbons (Fsp3) is 0.733. The highest BCUT2D eigenvalue weighted by atomic mass is 16.7. The summed E-state index contributed by atoms with van der Waals surface area (Å²) in [5, 5.41) is 0. The Morgan fingerprint density at radius 3 is 2.22 bits per heavy atom. The summed E-state index contributed by atoms with van der Waals surface area (Å²) in [4.78, 5) is 2.47. The van der Waals surface area contributed by atoms with Crippen molar-refractivity contribution in [2.45, 2.75) is 45.8 Å². The van der Waals surface area contributed by atoms with E-state index in [1.54, 1.807) is 0 Å². The molecule has 0 amide bonds. The molecule has 2 saturated heterocycles. The first kappa shape index (κ1) is 13.6. The fourth-order valence-corrected chi connectivity index (χ4v) is 2.63. The Hall–Kier alpha value is -0.800. The van der Waals surface area contributed by atoms with Gasteiger partial charge in [-0.3, -0.25) is 0 Å². The Bertz CT molecular complexity index is 326. The van der Waals surface area contributed by atoms with Crippen molar-refractivity contribution in [3.63, 3.8) is 0 Å². The number of hydrogen-bond acceptors (Lipinski definition) is 3. The first-order chi connectivity index (χ1) is 8.65. The molecular formula is C15H25NO2. The van der Waals surface area contributed by atoms with E-state index in [0.717, 1.165) is 45.6 Å². The van der Waals surface area contributed by atoms with Gasteiger partial charge in [0, 0.05) is 31.6 Å². The molecule has 0 N–H and O–H groups in total. The minimum atomic E-state index is -0.258. The Balaban J connectivity index is 1.95. The van der Waals surface area contributed by atoms with E-state index >= 15 is 0 Å². The largest absolute Gasteiger partial charge is 0.374 e. The monoisotopic (exact) mass is 251 g/mol. The van der Waals surface area contributed by atoms with Gasteiger partial charge in [-0.15, -0.1) is 0 Å². The zero-order valence-electron chi connectivity index (χ0n) is 11.9. The van der Waals surface area contributed by atoms with Crippen molar-refractivity contribution < 1.29 is 9.47 Å². The predicted octanol–water partition coefficient (Wildman–Crippen LogP) is 3.09. The summed E-state index contributed by atoms with van der Waals surface area (Å²) in [7, 11) is 0. The van der Waals surface area contributed by atoms with Crippen LogP contribution in [0, 0.1) is 0 Å². The zero-order valence-corrected chi connectivity index (χ0v) is 11.9. The molecule has 2 aliphatic heterocycles. The van der Waals surface area contributed by atoms with Crippen LogP contribution in [-0.4, -0.2) is 37.0 Å². The standard InChI is InChI=1S/C15H25NO2/c1-4-14(6-5-13(2)3)16-9-7-15(8-10-16)17-11-12-18-15/h5-6H,4,7-12H2,1-3H3/b14-6+. The normalized spacial score (nSPS) is 23.5. The Morgan fingerprint density at radius 2 is 1.72 bits per heavy atom. The molecule has 0 unspecified atom stereocenters. The lowest BCUT2D eigenvalue weighted by molar-refractivity contribution is -0.182. The number of ether oxygens (including phenoxy) is 2. The molecule has 102 valence electrons. The van der Waals surface area contributed by atoms with Gasteiger partial charge in [0.15, 0.2) is 5.79 Å². The maximum Gasteiger partial charge on any atom is 0.171 e. The van der Waals surface area contributed by atoms with Crippen LogP contribution < -0.4 is 0 Å². The smallest absolute Gasteiger partial charge is 0.171 e. The Labute approximate surface area is 110 Å². The van der Waals surface area contributed by atoms with Gasteiger partial charge in [-0.05, 0) is 26.3 Å². The average molecular weight is 251 g/mol. The summed E-state index contributed by atoms with van der Waals surface area (Å²) in [5.74, 6) is -0.258. The Kier molecular flexibility index (Phi) is 4.46. The molecular weight excluding hydrogens is 226 g/mol. The first-order valence-electron chi connectivity index (χ1n) is 7.02. The highest BCUT2D eigenvalue weighted by molar-refractivity contribution is 5.15. The van der Waals surface area contributed by atoms with Crippen LogP contribution in [0.25, 0.3) is 0 Å². The molecule has 2 heterocycles. The Morgan fingerprint density at radius 1 is 1.11 bits per heavy atom. The van der Waals surface area contributed by atoms with Crippen molar-refractivity contribution in [2.75, 3.05) is 26.3 Å². The van der Waals surface area contributed by atoms with E-state index < -0.39 is 0 Å². The van der Waals surface area contributed by atoms with Crippen LogP contribution >= 0.6 is 0 Å². The van der Waals surface area contributed by atoms with Crippen LogP contribution in [0.3, 0.4) is 0 Å². The minimum absolute atomic E-state index is 0.258. The van der Waals surface area contributed by atoms with Gasteiger partial charge in [0.1, 0.15) is 0 Å². The van der Waals surface area contributed by atoms with Gasteiger partial charge in [-0.1, -0.05) is 18.6 Å².